The maximum atomic E-state index is 12.2. The van der Waals surface area contributed by atoms with Crippen LogP contribution in [0.2, 0.25) is 0 Å². The molecule has 3 aromatic rings. The quantitative estimate of drug-likeness (QED) is 0.569. The summed E-state index contributed by atoms with van der Waals surface area (Å²) in [5, 5.41) is 1.45. The van der Waals surface area contributed by atoms with Crippen molar-refractivity contribution in [2.24, 2.45) is 0 Å². The molecule has 0 fully saturated rings. The van der Waals surface area contributed by atoms with Gasteiger partial charge in [-0.2, -0.15) is 0 Å². The first kappa shape index (κ1) is 13.3. The van der Waals surface area contributed by atoms with E-state index in [1.165, 1.54) is 11.8 Å². The number of nitrogens with one attached hydrogen (secondary N) is 1. The molecule has 100 valence electrons. The molecule has 2 heterocycles. The molecule has 4 nitrogen and oxygen atoms in total. The second kappa shape index (κ2) is 5.38. The van der Waals surface area contributed by atoms with Gasteiger partial charge in [-0.15, -0.1) is 0 Å². The first-order chi connectivity index (χ1) is 9.69. The fraction of sp³-hybridized carbons (Fsp3) is 0.0714. The summed E-state index contributed by atoms with van der Waals surface area (Å²) in [5.41, 5.74) is 1.86. The van der Waals surface area contributed by atoms with E-state index >= 15 is 0 Å². The standard InChI is InChI=1S/C14H10BrN3OS/c1-20-14-16-7-8-6-10(13(19)17-12(8)18-14)9-4-2-3-5-11(9)15/h2-7H,1H3,(H,16,17,18,19). The maximum Gasteiger partial charge on any atom is 0.257 e. The van der Waals surface area contributed by atoms with Gasteiger partial charge in [-0.1, -0.05) is 45.9 Å². The fourth-order valence-corrected chi connectivity index (χ4v) is 2.79. The molecule has 0 saturated heterocycles. The minimum Gasteiger partial charge on any atom is -0.306 e. The summed E-state index contributed by atoms with van der Waals surface area (Å²) in [7, 11) is 0. The topological polar surface area (TPSA) is 58.6 Å². The highest BCUT2D eigenvalue weighted by Gasteiger charge is 2.09. The van der Waals surface area contributed by atoms with Crippen molar-refractivity contribution in [2.75, 3.05) is 6.26 Å². The summed E-state index contributed by atoms with van der Waals surface area (Å²) in [6.07, 6.45) is 3.62. The number of benzene rings is 1. The van der Waals surface area contributed by atoms with Gasteiger partial charge in [0.2, 0.25) is 0 Å². The SMILES string of the molecule is CSc1ncc2cc(-c3ccccc3Br)c(=O)[nH]c2n1. The number of thioether (sulfide) groups is 1. The van der Waals surface area contributed by atoms with E-state index in [0.29, 0.717) is 16.4 Å². The van der Waals surface area contributed by atoms with Crippen molar-refractivity contribution < 1.29 is 0 Å². The lowest BCUT2D eigenvalue weighted by molar-refractivity contribution is 0.988. The number of hydrogen-bond donors (Lipinski definition) is 1. The highest BCUT2D eigenvalue weighted by molar-refractivity contribution is 9.10. The van der Waals surface area contributed by atoms with E-state index in [1.54, 1.807) is 6.20 Å². The van der Waals surface area contributed by atoms with Crippen LogP contribution in [-0.2, 0) is 0 Å². The van der Waals surface area contributed by atoms with Crippen LogP contribution >= 0.6 is 27.7 Å². The van der Waals surface area contributed by atoms with E-state index in [9.17, 15) is 4.79 Å². The number of hydrogen-bond acceptors (Lipinski definition) is 4. The van der Waals surface area contributed by atoms with E-state index in [2.05, 4.69) is 30.9 Å². The van der Waals surface area contributed by atoms with Gasteiger partial charge in [0, 0.05) is 27.2 Å². The zero-order valence-corrected chi connectivity index (χ0v) is 13.0. The molecule has 0 aliphatic rings. The Labute approximate surface area is 127 Å². The van der Waals surface area contributed by atoms with Crippen LogP contribution in [0.3, 0.4) is 0 Å². The van der Waals surface area contributed by atoms with E-state index in [1.807, 2.05) is 36.6 Å². The maximum absolute atomic E-state index is 12.2. The zero-order valence-electron chi connectivity index (χ0n) is 10.6. The van der Waals surface area contributed by atoms with E-state index < -0.39 is 0 Å². The molecular formula is C14H10BrN3OS. The molecule has 0 spiro atoms. The Morgan fingerprint density at radius 2 is 2.05 bits per heavy atom. The second-order valence-corrected chi connectivity index (χ2v) is 5.78. The van der Waals surface area contributed by atoms with Crippen molar-refractivity contribution in [1.29, 1.82) is 0 Å². The highest BCUT2D eigenvalue weighted by Crippen LogP contribution is 2.26. The van der Waals surface area contributed by atoms with Gasteiger partial charge < -0.3 is 4.98 Å². The minimum absolute atomic E-state index is 0.157. The normalized spacial score (nSPS) is 10.9. The average molecular weight is 348 g/mol. The summed E-state index contributed by atoms with van der Waals surface area (Å²) in [5.74, 6) is 0. The van der Waals surface area contributed by atoms with Crippen LogP contribution in [0.1, 0.15) is 0 Å². The van der Waals surface area contributed by atoms with Crippen molar-refractivity contribution in [1.82, 2.24) is 15.0 Å². The zero-order chi connectivity index (χ0) is 14.1. The fourth-order valence-electron chi connectivity index (χ4n) is 1.95. The molecule has 1 aromatic carbocycles. The molecule has 0 amide bonds. The third kappa shape index (κ3) is 2.36. The number of halogens is 1. The van der Waals surface area contributed by atoms with Gasteiger partial charge in [0.25, 0.3) is 5.56 Å². The van der Waals surface area contributed by atoms with E-state index in [0.717, 1.165) is 15.4 Å². The number of fused-ring (bicyclic) bond motifs is 1. The molecule has 3 rings (SSSR count). The first-order valence-corrected chi connectivity index (χ1v) is 7.90. The number of pyridine rings is 1. The summed E-state index contributed by atoms with van der Waals surface area (Å²) in [6, 6.07) is 9.44. The number of H-pyrrole nitrogens is 1. The molecule has 0 saturated carbocycles. The number of rotatable bonds is 2. The number of nitrogens with zero attached hydrogens (tertiary/aromatic N) is 2. The Kier molecular flexibility index (Phi) is 3.58. The summed E-state index contributed by atoms with van der Waals surface area (Å²) in [4.78, 5) is 23.6. The van der Waals surface area contributed by atoms with Gasteiger partial charge in [-0.05, 0) is 18.4 Å². The minimum atomic E-state index is -0.157. The smallest absolute Gasteiger partial charge is 0.257 e. The number of aromatic nitrogens is 3. The van der Waals surface area contributed by atoms with Crippen LogP contribution in [0.5, 0.6) is 0 Å². The second-order valence-electron chi connectivity index (χ2n) is 4.15. The summed E-state index contributed by atoms with van der Waals surface area (Å²) >= 11 is 4.91. The van der Waals surface area contributed by atoms with Crippen molar-refractivity contribution in [3.05, 3.63) is 51.4 Å². The molecule has 0 unspecified atom stereocenters. The van der Waals surface area contributed by atoms with Crippen LogP contribution < -0.4 is 5.56 Å². The van der Waals surface area contributed by atoms with Gasteiger partial charge in [-0.3, -0.25) is 4.79 Å². The van der Waals surface area contributed by atoms with Gasteiger partial charge in [-0.25, -0.2) is 9.97 Å². The van der Waals surface area contributed by atoms with Crippen LogP contribution in [0.4, 0.5) is 0 Å². The van der Waals surface area contributed by atoms with Crippen molar-refractivity contribution >= 4 is 38.7 Å². The molecule has 0 radical (unpaired) electrons. The third-order valence-electron chi connectivity index (χ3n) is 2.92. The molecule has 20 heavy (non-hydrogen) atoms. The molecular weight excluding hydrogens is 338 g/mol. The number of aromatic amines is 1. The molecule has 0 bridgehead atoms. The van der Waals surface area contributed by atoms with Crippen LogP contribution in [0.15, 0.2) is 51.0 Å². The Balaban J connectivity index is 2.26. The van der Waals surface area contributed by atoms with Crippen molar-refractivity contribution in [3.8, 4) is 11.1 Å². The van der Waals surface area contributed by atoms with E-state index in [4.69, 9.17) is 0 Å². The van der Waals surface area contributed by atoms with Crippen LogP contribution in [0, 0.1) is 0 Å². The Bertz CT molecular complexity index is 847. The van der Waals surface area contributed by atoms with Gasteiger partial charge in [0.1, 0.15) is 5.65 Å². The summed E-state index contributed by atoms with van der Waals surface area (Å²) in [6.45, 7) is 0. The molecule has 0 atom stereocenters. The van der Waals surface area contributed by atoms with E-state index in [-0.39, 0.29) is 5.56 Å². The molecule has 1 N–H and O–H groups in total. The predicted octanol–water partition coefficient (Wildman–Crippen LogP) is 3.47. The monoisotopic (exact) mass is 347 g/mol. The highest BCUT2D eigenvalue weighted by atomic mass is 79.9. The van der Waals surface area contributed by atoms with Crippen molar-refractivity contribution in [2.45, 2.75) is 5.16 Å². The lowest BCUT2D eigenvalue weighted by Gasteiger charge is -2.05. The molecule has 2 aromatic heterocycles. The van der Waals surface area contributed by atoms with Gasteiger partial charge >= 0.3 is 0 Å². The lowest BCUT2D eigenvalue weighted by atomic mass is 10.1. The largest absolute Gasteiger partial charge is 0.306 e. The summed E-state index contributed by atoms with van der Waals surface area (Å²) < 4.78 is 0.881. The third-order valence-corrected chi connectivity index (χ3v) is 4.17. The average Bonchev–Trinajstić information content (AvgIpc) is 2.47. The Morgan fingerprint density at radius 1 is 1.25 bits per heavy atom. The Morgan fingerprint density at radius 3 is 2.80 bits per heavy atom. The molecule has 6 heteroatoms. The predicted molar refractivity (Wildman–Crippen MR) is 85.1 cm³/mol. The first-order valence-electron chi connectivity index (χ1n) is 5.88. The Hall–Kier alpha value is -1.66. The van der Waals surface area contributed by atoms with Gasteiger partial charge in [0.15, 0.2) is 5.16 Å². The van der Waals surface area contributed by atoms with Crippen molar-refractivity contribution in [3.63, 3.8) is 0 Å². The van der Waals surface area contributed by atoms with Crippen LogP contribution in [0.25, 0.3) is 22.2 Å². The molecule has 0 aliphatic carbocycles. The van der Waals surface area contributed by atoms with Gasteiger partial charge in [0.05, 0.1) is 0 Å². The lowest BCUT2D eigenvalue weighted by Crippen LogP contribution is -2.10. The molecule has 0 aliphatic heterocycles. The van der Waals surface area contributed by atoms with Crippen LogP contribution in [-0.4, -0.2) is 21.2 Å².